The predicted octanol–water partition coefficient (Wildman–Crippen LogP) is 1.39. The summed E-state index contributed by atoms with van der Waals surface area (Å²) < 4.78 is 5.27. The zero-order chi connectivity index (χ0) is 7.61. The van der Waals surface area contributed by atoms with Crippen molar-refractivity contribution in [1.82, 2.24) is 0 Å². The van der Waals surface area contributed by atoms with E-state index in [0.29, 0.717) is 12.3 Å². The van der Waals surface area contributed by atoms with E-state index in [-0.39, 0.29) is 5.60 Å². The zero-order valence-electron chi connectivity index (χ0n) is 6.59. The molecule has 1 unspecified atom stereocenters. The minimum atomic E-state index is -0.165. The van der Waals surface area contributed by atoms with Gasteiger partial charge in [0.05, 0.1) is 5.60 Å². The molecule has 2 heteroatoms. The molecule has 1 aliphatic rings. The Bertz CT molecular complexity index is 129. The normalized spacial score (nSPS) is 23.8. The van der Waals surface area contributed by atoms with Gasteiger partial charge in [0.15, 0.2) is 0 Å². The average molecular weight is 142 g/mol. The van der Waals surface area contributed by atoms with E-state index in [1.165, 1.54) is 12.8 Å². The Morgan fingerprint density at radius 1 is 1.70 bits per heavy atom. The van der Waals surface area contributed by atoms with Gasteiger partial charge in [-0.3, -0.25) is 0 Å². The molecule has 2 nitrogen and oxygen atoms in total. The van der Waals surface area contributed by atoms with Crippen LogP contribution in [0.2, 0.25) is 0 Å². The predicted molar refractivity (Wildman–Crippen MR) is 38.8 cm³/mol. The fourth-order valence-electron chi connectivity index (χ4n) is 1.28. The molecule has 1 saturated carbocycles. The molecule has 0 bridgehead atoms. The molecule has 0 saturated heterocycles. The van der Waals surface area contributed by atoms with Gasteiger partial charge >= 0.3 is 0 Å². The number of methoxy groups -OCH3 is 1. The maximum Gasteiger partial charge on any atom is 0.122 e. The molecule has 0 aromatic carbocycles. The second-order valence-electron chi connectivity index (χ2n) is 3.16. The van der Waals surface area contributed by atoms with Gasteiger partial charge in [-0.05, 0) is 25.7 Å². The Hall–Kier alpha value is -0.370. The maximum atomic E-state index is 10.2. The summed E-state index contributed by atoms with van der Waals surface area (Å²) in [7, 11) is 1.68. The largest absolute Gasteiger partial charge is 0.378 e. The van der Waals surface area contributed by atoms with Gasteiger partial charge in [-0.25, -0.2) is 0 Å². The van der Waals surface area contributed by atoms with Gasteiger partial charge in [-0.15, -0.1) is 0 Å². The van der Waals surface area contributed by atoms with Crippen molar-refractivity contribution in [3.63, 3.8) is 0 Å². The molecule has 58 valence electrons. The molecule has 0 aliphatic heterocycles. The van der Waals surface area contributed by atoms with E-state index < -0.39 is 0 Å². The van der Waals surface area contributed by atoms with Crippen LogP contribution >= 0.6 is 0 Å². The quantitative estimate of drug-likeness (QED) is 0.554. The third kappa shape index (κ3) is 1.37. The van der Waals surface area contributed by atoms with Crippen LogP contribution < -0.4 is 0 Å². The van der Waals surface area contributed by atoms with Gasteiger partial charge in [0, 0.05) is 13.5 Å². The van der Waals surface area contributed by atoms with Crippen LogP contribution in [0.15, 0.2) is 0 Å². The lowest BCUT2D eigenvalue weighted by molar-refractivity contribution is -0.114. The van der Waals surface area contributed by atoms with Crippen LogP contribution in [-0.2, 0) is 9.53 Å². The average Bonchev–Trinajstić information content (AvgIpc) is 2.69. The highest BCUT2D eigenvalue weighted by Gasteiger charge is 2.41. The molecular formula is C8H14O2. The Labute approximate surface area is 61.6 Å². The third-order valence-electron chi connectivity index (χ3n) is 2.40. The minimum Gasteiger partial charge on any atom is -0.378 e. The fourth-order valence-corrected chi connectivity index (χ4v) is 1.28. The molecule has 10 heavy (non-hydrogen) atoms. The molecule has 0 N–H and O–H groups in total. The highest BCUT2D eigenvalue weighted by molar-refractivity contribution is 5.51. The molecular weight excluding hydrogens is 128 g/mol. The van der Waals surface area contributed by atoms with Crippen molar-refractivity contribution in [2.75, 3.05) is 7.11 Å². The Morgan fingerprint density at radius 3 is 2.60 bits per heavy atom. The summed E-state index contributed by atoms with van der Waals surface area (Å²) >= 11 is 0. The van der Waals surface area contributed by atoms with E-state index in [1.807, 2.05) is 6.92 Å². The molecule has 0 radical (unpaired) electrons. The van der Waals surface area contributed by atoms with Gasteiger partial charge < -0.3 is 9.53 Å². The molecule has 1 atom stereocenters. The number of ether oxygens (including phenoxy) is 1. The summed E-state index contributed by atoms with van der Waals surface area (Å²) in [5, 5.41) is 0. The smallest absolute Gasteiger partial charge is 0.122 e. The van der Waals surface area contributed by atoms with Crippen molar-refractivity contribution in [3.05, 3.63) is 0 Å². The number of hydrogen-bond acceptors (Lipinski definition) is 2. The van der Waals surface area contributed by atoms with Crippen LogP contribution in [0, 0.1) is 5.92 Å². The second-order valence-corrected chi connectivity index (χ2v) is 3.16. The SMILES string of the molecule is COC(C)(CC=O)C1CC1. The van der Waals surface area contributed by atoms with E-state index in [1.54, 1.807) is 7.11 Å². The van der Waals surface area contributed by atoms with E-state index in [4.69, 9.17) is 4.74 Å². The van der Waals surface area contributed by atoms with Crippen LogP contribution in [0.1, 0.15) is 26.2 Å². The highest BCUT2D eigenvalue weighted by Crippen LogP contribution is 2.42. The Kier molecular flexibility index (Phi) is 2.09. The Morgan fingerprint density at radius 2 is 2.30 bits per heavy atom. The van der Waals surface area contributed by atoms with Crippen molar-refractivity contribution in [2.45, 2.75) is 31.8 Å². The molecule has 0 aromatic heterocycles. The molecule has 1 fully saturated rings. The number of carbonyl (C=O) groups is 1. The summed E-state index contributed by atoms with van der Waals surface area (Å²) in [6, 6.07) is 0. The second kappa shape index (κ2) is 2.70. The van der Waals surface area contributed by atoms with Gasteiger partial charge in [-0.1, -0.05) is 0 Å². The van der Waals surface area contributed by atoms with E-state index in [0.717, 1.165) is 6.29 Å². The van der Waals surface area contributed by atoms with E-state index in [2.05, 4.69) is 0 Å². The summed E-state index contributed by atoms with van der Waals surface area (Å²) in [6.07, 6.45) is 3.92. The monoisotopic (exact) mass is 142 g/mol. The summed E-state index contributed by atoms with van der Waals surface area (Å²) in [5.74, 6) is 0.627. The summed E-state index contributed by atoms with van der Waals surface area (Å²) in [5.41, 5.74) is -0.165. The summed E-state index contributed by atoms with van der Waals surface area (Å²) in [4.78, 5) is 10.2. The van der Waals surface area contributed by atoms with E-state index >= 15 is 0 Å². The topological polar surface area (TPSA) is 26.3 Å². The van der Waals surface area contributed by atoms with Crippen molar-refractivity contribution < 1.29 is 9.53 Å². The van der Waals surface area contributed by atoms with Crippen molar-refractivity contribution in [1.29, 1.82) is 0 Å². The van der Waals surface area contributed by atoms with Gasteiger partial charge in [0.1, 0.15) is 6.29 Å². The lowest BCUT2D eigenvalue weighted by Crippen LogP contribution is -2.30. The van der Waals surface area contributed by atoms with Crippen LogP contribution in [0.5, 0.6) is 0 Å². The first-order valence-electron chi connectivity index (χ1n) is 3.72. The van der Waals surface area contributed by atoms with Gasteiger partial charge in [0.2, 0.25) is 0 Å². The zero-order valence-corrected chi connectivity index (χ0v) is 6.59. The third-order valence-corrected chi connectivity index (χ3v) is 2.40. The van der Waals surface area contributed by atoms with Crippen molar-refractivity contribution in [2.24, 2.45) is 5.92 Å². The van der Waals surface area contributed by atoms with Gasteiger partial charge in [-0.2, -0.15) is 0 Å². The molecule has 0 spiro atoms. The summed E-state index contributed by atoms with van der Waals surface area (Å²) in [6.45, 7) is 2.01. The van der Waals surface area contributed by atoms with Crippen molar-refractivity contribution >= 4 is 6.29 Å². The first kappa shape index (κ1) is 7.73. The first-order chi connectivity index (χ1) is 4.73. The number of carbonyl (C=O) groups excluding carboxylic acids is 1. The maximum absolute atomic E-state index is 10.2. The molecule has 0 aromatic rings. The molecule has 0 amide bonds. The van der Waals surface area contributed by atoms with E-state index in [9.17, 15) is 4.79 Å². The number of aldehydes is 1. The molecule has 1 rings (SSSR count). The molecule has 0 heterocycles. The fraction of sp³-hybridized carbons (Fsp3) is 0.875. The van der Waals surface area contributed by atoms with Crippen molar-refractivity contribution in [3.8, 4) is 0 Å². The van der Waals surface area contributed by atoms with Gasteiger partial charge in [0.25, 0.3) is 0 Å². The lowest BCUT2D eigenvalue weighted by Gasteiger charge is -2.25. The highest BCUT2D eigenvalue weighted by atomic mass is 16.5. The lowest BCUT2D eigenvalue weighted by atomic mass is 9.97. The minimum absolute atomic E-state index is 0.165. The van der Waals surface area contributed by atoms with Crippen LogP contribution in [0.3, 0.4) is 0 Å². The number of hydrogen-bond donors (Lipinski definition) is 0. The number of rotatable bonds is 4. The van der Waals surface area contributed by atoms with Crippen LogP contribution in [0.4, 0.5) is 0 Å². The molecule has 1 aliphatic carbocycles. The van der Waals surface area contributed by atoms with Crippen LogP contribution in [-0.4, -0.2) is 19.0 Å². The van der Waals surface area contributed by atoms with Crippen LogP contribution in [0.25, 0.3) is 0 Å². The Balaban J connectivity index is 2.46. The standard InChI is InChI=1S/C8H14O2/c1-8(10-2,5-6-9)7-3-4-7/h6-7H,3-5H2,1-2H3. The first-order valence-corrected chi connectivity index (χ1v) is 3.72.